The van der Waals surface area contributed by atoms with Crippen LogP contribution in [0.1, 0.15) is 22.6 Å². The summed E-state index contributed by atoms with van der Waals surface area (Å²) in [4.78, 5) is 39.9. The van der Waals surface area contributed by atoms with Crippen LogP contribution >= 0.6 is 39.5 Å². The molecule has 138 valence electrons. The summed E-state index contributed by atoms with van der Waals surface area (Å²) in [5.41, 5.74) is 0.698. The van der Waals surface area contributed by atoms with Crippen molar-refractivity contribution in [3.05, 3.63) is 66.1 Å². The summed E-state index contributed by atoms with van der Waals surface area (Å²) in [6.07, 6.45) is 3.62. The summed E-state index contributed by atoms with van der Waals surface area (Å²) in [7, 11) is 0. The van der Waals surface area contributed by atoms with Crippen molar-refractivity contribution >= 4 is 39.5 Å². The van der Waals surface area contributed by atoms with Gasteiger partial charge in [0.2, 0.25) is 11.8 Å². The molecule has 0 saturated heterocycles. The highest BCUT2D eigenvalue weighted by Gasteiger charge is 2.36. The first-order valence-corrected chi connectivity index (χ1v) is 11.1. The number of fused-ring (bicyclic) bond motifs is 2. The molecule has 0 atom stereocenters. The number of hydrogen-bond acceptors (Lipinski definition) is 7. The maximum absolute atomic E-state index is 12.8. The van der Waals surface area contributed by atoms with Gasteiger partial charge in [-0.1, -0.05) is 51.6 Å². The first-order valence-electron chi connectivity index (χ1n) is 7.81. The molecule has 2 aromatic heterocycles. The molecule has 3 aromatic rings. The average molecular weight is 465 g/mol. The molecule has 7 nitrogen and oxygen atoms in total. The van der Waals surface area contributed by atoms with Crippen molar-refractivity contribution in [1.29, 1.82) is 0 Å². The third kappa shape index (κ3) is 3.21. The molecule has 0 saturated carbocycles. The molecule has 0 aliphatic carbocycles. The lowest BCUT2D eigenvalue weighted by atomic mass is 9.86. The Balaban J connectivity index is 2.04. The van der Waals surface area contributed by atoms with Gasteiger partial charge in [-0.2, -0.15) is 9.97 Å². The summed E-state index contributed by atoms with van der Waals surface area (Å²) in [5.74, 6) is -0.279. The summed E-state index contributed by atoms with van der Waals surface area (Å²) in [5, 5.41) is 0.873. The van der Waals surface area contributed by atoms with Gasteiger partial charge in [0.1, 0.15) is 0 Å². The standard InChI is InChI=1S/C17H13BrN4O3S2/c1-26-16-19-12(23)10-9(7-3-5-8(18)6-4-7)11-13(24)20-17(27-2)22-15(11)25-14(10)21-16/h3-6,9H,1-2H3,(H,19,21,23)(H,20,22,24). The van der Waals surface area contributed by atoms with E-state index in [0.29, 0.717) is 21.4 Å². The lowest BCUT2D eigenvalue weighted by Gasteiger charge is -2.25. The smallest absolute Gasteiger partial charge is 0.259 e. The Labute approximate surface area is 170 Å². The zero-order valence-electron chi connectivity index (χ0n) is 14.2. The van der Waals surface area contributed by atoms with Crippen molar-refractivity contribution in [1.82, 2.24) is 19.9 Å². The molecule has 1 aromatic carbocycles. The molecule has 0 spiro atoms. The SMILES string of the molecule is CSc1nc2c(c(=O)[nH]1)C(c1ccc(Br)cc1)c1c(nc(SC)[nH]c1=O)O2. The van der Waals surface area contributed by atoms with E-state index >= 15 is 0 Å². The first kappa shape index (κ1) is 18.3. The Morgan fingerprint density at radius 3 is 1.85 bits per heavy atom. The fourth-order valence-electron chi connectivity index (χ4n) is 2.97. The molecule has 1 aliphatic heterocycles. The number of hydrogen-bond donors (Lipinski definition) is 2. The van der Waals surface area contributed by atoms with Gasteiger partial charge in [-0.15, -0.1) is 0 Å². The average Bonchev–Trinajstić information content (AvgIpc) is 2.66. The lowest BCUT2D eigenvalue weighted by molar-refractivity contribution is 0.398. The Morgan fingerprint density at radius 2 is 1.41 bits per heavy atom. The molecule has 0 radical (unpaired) electrons. The van der Waals surface area contributed by atoms with Gasteiger partial charge < -0.3 is 14.7 Å². The molecule has 0 bridgehead atoms. The molecular weight excluding hydrogens is 452 g/mol. The number of aromatic amines is 2. The Morgan fingerprint density at radius 1 is 0.926 bits per heavy atom. The second-order valence-corrected chi connectivity index (χ2v) is 8.18. The molecule has 27 heavy (non-hydrogen) atoms. The minimum atomic E-state index is -0.629. The Kier molecular flexibility index (Phi) is 4.87. The van der Waals surface area contributed by atoms with Crippen LogP contribution in [-0.2, 0) is 0 Å². The van der Waals surface area contributed by atoms with Gasteiger partial charge in [0, 0.05) is 4.47 Å². The highest BCUT2D eigenvalue weighted by molar-refractivity contribution is 9.10. The van der Waals surface area contributed by atoms with Crippen LogP contribution in [0.2, 0.25) is 0 Å². The predicted octanol–water partition coefficient (Wildman–Crippen LogP) is 3.35. The van der Waals surface area contributed by atoms with E-state index in [9.17, 15) is 9.59 Å². The third-order valence-corrected chi connectivity index (χ3v) is 5.85. The van der Waals surface area contributed by atoms with Crippen LogP contribution in [0.4, 0.5) is 0 Å². The number of nitrogens with one attached hydrogen (secondary N) is 2. The van der Waals surface area contributed by atoms with Gasteiger partial charge in [-0.3, -0.25) is 9.59 Å². The van der Waals surface area contributed by atoms with Crippen LogP contribution in [0.15, 0.2) is 48.6 Å². The summed E-state index contributed by atoms with van der Waals surface area (Å²) >= 11 is 6.01. The lowest BCUT2D eigenvalue weighted by Crippen LogP contribution is -2.30. The van der Waals surface area contributed by atoms with Crippen molar-refractivity contribution in [3.8, 4) is 11.8 Å². The van der Waals surface area contributed by atoms with E-state index in [0.717, 1.165) is 10.0 Å². The summed E-state index contributed by atoms with van der Waals surface area (Å²) in [6, 6.07) is 7.44. The minimum Gasteiger partial charge on any atom is -0.419 e. The second kappa shape index (κ2) is 7.17. The van der Waals surface area contributed by atoms with Gasteiger partial charge in [0.15, 0.2) is 10.3 Å². The number of thioether (sulfide) groups is 2. The van der Waals surface area contributed by atoms with Crippen LogP contribution < -0.4 is 15.9 Å². The van der Waals surface area contributed by atoms with E-state index in [1.165, 1.54) is 23.5 Å². The van der Waals surface area contributed by atoms with E-state index in [4.69, 9.17) is 4.74 Å². The molecule has 0 amide bonds. The fourth-order valence-corrected chi connectivity index (χ4v) is 3.97. The number of H-pyrrole nitrogens is 2. The molecular formula is C17H13BrN4O3S2. The van der Waals surface area contributed by atoms with Gasteiger partial charge in [0.25, 0.3) is 11.1 Å². The predicted molar refractivity (Wildman–Crippen MR) is 108 cm³/mol. The van der Waals surface area contributed by atoms with Crippen LogP contribution in [0, 0.1) is 0 Å². The third-order valence-electron chi connectivity index (χ3n) is 4.16. The molecule has 2 N–H and O–H groups in total. The first-order chi connectivity index (χ1) is 13.0. The maximum Gasteiger partial charge on any atom is 0.259 e. The van der Waals surface area contributed by atoms with Crippen LogP contribution in [0.25, 0.3) is 0 Å². The van der Waals surface area contributed by atoms with Crippen LogP contribution in [0.3, 0.4) is 0 Å². The number of nitrogens with zero attached hydrogens (tertiary/aromatic N) is 2. The Hall–Kier alpha value is -2.04. The van der Waals surface area contributed by atoms with E-state index < -0.39 is 5.92 Å². The van der Waals surface area contributed by atoms with Gasteiger partial charge >= 0.3 is 0 Å². The van der Waals surface area contributed by atoms with Gasteiger partial charge in [-0.05, 0) is 30.2 Å². The molecule has 0 unspecified atom stereocenters. The second-order valence-electron chi connectivity index (χ2n) is 5.67. The van der Waals surface area contributed by atoms with Crippen molar-refractivity contribution < 1.29 is 4.74 Å². The topological polar surface area (TPSA) is 101 Å². The number of rotatable bonds is 3. The van der Waals surface area contributed by atoms with Crippen molar-refractivity contribution in [2.75, 3.05) is 12.5 Å². The molecule has 1 aliphatic rings. The quantitative estimate of drug-likeness (QED) is 0.354. The normalized spacial score (nSPS) is 13.0. The zero-order valence-corrected chi connectivity index (χ0v) is 17.4. The number of aromatic nitrogens is 4. The molecule has 10 heteroatoms. The number of benzene rings is 1. The van der Waals surface area contributed by atoms with Crippen molar-refractivity contribution in [2.45, 2.75) is 16.2 Å². The van der Waals surface area contributed by atoms with E-state index in [1.54, 1.807) is 0 Å². The van der Waals surface area contributed by atoms with Crippen LogP contribution in [-0.4, -0.2) is 32.4 Å². The monoisotopic (exact) mass is 464 g/mol. The minimum absolute atomic E-state index is 0.175. The highest BCUT2D eigenvalue weighted by Crippen LogP contribution is 2.43. The summed E-state index contributed by atoms with van der Waals surface area (Å²) < 4.78 is 6.70. The molecule has 3 heterocycles. The molecule has 4 rings (SSSR count). The van der Waals surface area contributed by atoms with E-state index in [1.807, 2.05) is 36.8 Å². The van der Waals surface area contributed by atoms with Crippen molar-refractivity contribution in [2.24, 2.45) is 0 Å². The largest absolute Gasteiger partial charge is 0.419 e. The number of halogens is 1. The Bertz CT molecular complexity index is 1080. The number of ether oxygens (including phenoxy) is 1. The van der Waals surface area contributed by atoms with Gasteiger partial charge in [-0.25, -0.2) is 0 Å². The van der Waals surface area contributed by atoms with Crippen molar-refractivity contribution in [3.63, 3.8) is 0 Å². The highest BCUT2D eigenvalue weighted by atomic mass is 79.9. The van der Waals surface area contributed by atoms with Crippen LogP contribution in [0.5, 0.6) is 11.8 Å². The fraction of sp³-hybridized carbons (Fsp3) is 0.176. The summed E-state index contributed by atoms with van der Waals surface area (Å²) in [6.45, 7) is 0. The van der Waals surface area contributed by atoms with Gasteiger partial charge in [0.05, 0.1) is 17.0 Å². The van der Waals surface area contributed by atoms with E-state index in [-0.39, 0.29) is 22.9 Å². The molecule has 0 fully saturated rings. The van der Waals surface area contributed by atoms with E-state index in [2.05, 4.69) is 35.9 Å². The zero-order chi connectivity index (χ0) is 19.1. The maximum atomic E-state index is 12.8.